The molecule has 0 aliphatic heterocycles. The van der Waals surface area contributed by atoms with E-state index in [1.54, 1.807) is 0 Å². The first-order valence-electron chi connectivity index (χ1n) is 2.86. The standard InChI is InChI=1S/C7H6O4.Ca.2H/c8-4-1-2-6(9)5(3-4)7(10)11;;;/h1-3,8-9H,(H,10,11);;;/q;+2;2*-1. The molecule has 0 radical (unpaired) electrons. The van der Waals surface area contributed by atoms with E-state index in [-0.39, 0.29) is 57.7 Å². The molecule has 0 aliphatic rings. The number of hydrogen-bond acceptors (Lipinski definition) is 3. The minimum absolute atomic E-state index is 0. The van der Waals surface area contributed by atoms with Crippen LogP contribution in [0.1, 0.15) is 13.2 Å². The summed E-state index contributed by atoms with van der Waals surface area (Å²) < 4.78 is 0. The number of hydrogen-bond donors (Lipinski definition) is 3. The molecule has 0 heterocycles. The van der Waals surface area contributed by atoms with Crippen molar-refractivity contribution in [2.45, 2.75) is 0 Å². The molecule has 4 nitrogen and oxygen atoms in total. The van der Waals surface area contributed by atoms with Gasteiger partial charge in [0.1, 0.15) is 17.1 Å². The van der Waals surface area contributed by atoms with E-state index < -0.39 is 5.97 Å². The van der Waals surface area contributed by atoms with E-state index in [1.165, 1.54) is 6.07 Å². The summed E-state index contributed by atoms with van der Waals surface area (Å²) in [5.41, 5.74) is -0.301. The third-order valence-electron chi connectivity index (χ3n) is 1.21. The van der Waals surface area contributed by atoms with Gasteiger partial charge in [0.05, 0.1) is 0 Å². The largest absolute Gasteiger partial charge is 2.00 e. The van der Waals surface area contributed by atoms with Gasteiger partial charge in [-0.15, -0.1) is 0 Å². The molecule has 0 saturated heterocycles. The summed E-state index contributed by atoms with van der Waals surface area (Å²) in [6.07, 6.45) is 0. The van der Waals surface area contributed by atoms with Gasteiger partial charge < -0.3 is 18.2 Å². The van der Waals surface area contributed by atoms with Crippen molar-refractivity contribution in [1.29, 1.82) is 0 Å². The Balaban J connectivity index is -0.000000403. The van der Waals surface area contributed by atoms with Gasteiger partial charge in [0, 0.05) is 0 Å². The van der Waals surface area contributed by atoms with E-state index in [9.17, 15) is 4.79 Å². The van der Waals surface area contributed by atoms with Crippen LogP contribution >= 0.6 is 0 Å². The minimum atomic E-state index is -1.27. The predicted octanol–water partition coefficient (Wildman–Crippen LogP) is 0.640. The molecule has 0 atom stereocenters. The molecule has 0 bridgehead atoms. The van der Waals surface area contributed by atoms with Gasteiger partial charge in [0.25, 0.3) is 0 Å². The Bertz CT molecular complexity index is 306. The Morgan fingerprint density at radius 2 is 1.92 bits per heavy atom. The number of carboxylic acids is 1. The topological polar surface area (TPSA) is 77.8 Å². The molecule has 0 fully saturated rings. The zero-order valence-electron chi connectivity index (χ0n) is 8.19. The molecule has 1 aromatic rings. The maximum atomic E-state index is 10.3. The van der Waals surface area contributed by atoms with Crippen molar-refractivity contribution >= 4 is 43.7 Å². The third-order valence-corrected chi connectivity index (χ3v) is 1.21. The zero-order valence-corrected chi connectivity index (χ0v) is 8.40. The summed E-state index contributed by atoms with van der Waals surface area (Å²) in [4.78, 5) is 10.3. The monoisotopic (exact) mass is 196 g/mol. The van der Waals surface area contributed by atoms with Crippen molar-refractivity contribution in [2.24, 2.45) is 0 Å². The van der Waals surface area contributed by atoms with Crippen LogP contribution in [-0.4, -0.2) is 59.0 Å². The molecule has 0 unspecified atom stereocenters. The molecular formula is C7H8CaO4. The number of phenols is 2. The van der Waals surface area contributed by atoms with Crippen molar-refractivity contribution < 1.29 is 23.0 Å². The molecule has 1 rings (SSSR count). The third kappa shape index (κ3) is 2.55. The molecule has 3 N–H and O–H groups in total. The van der Waals surface area contributed by atoms with Crippen LogP contribution in [0.25, 0.3) is 0 Å². The Morgan fingerprint density at radius 1 is 1.33 bits per heavy atom. The van der Waals surface area contributed by atoms with Gasteiger partial charge in [-0.05, 0) is 18.2 Å². The van der Waals surface area contributed by atoms with E-state index in [4.69, 9.17) is 15.3 Å². The molecule has 0 spiro atoms. The number of rotatable bonds is 1. The SMILES string of the molecule is O=C(O)c1cc(O)ccc1O.[Ca+2].[H-].[H-]. The molecule has 0 saturated carbocycles. The van der Waals surface area contributed by atoms with Crippen LogP contribution < -0.4 is 0 Å². The van der Waals surface area contributed by atoms with Gasteiger partial charge in [0.15, 0.2) is 0 Å². The fraction of sp³-hybridized carbons (Fsp3) is 0. The molecular weight excluding hydrogens is 188 g/mol. The van der Waals surface area contributed by atoms with Gasteiger partial charge in [0.2, 0.25) is 0 Å². The zero-order chi connectivity index (χ0) is 8.43. The van der Waals surface area contributed by atoms with Gasteiger partial charge in [-0.3, -0.25) is 0 Å². The Hall–Kier alpha value is -0.450. The summed E-state index contributed by atoms with van der Waals surface area (Å²) in [7, 11) is 0. The minimum Gasteiger partial charge on any atom is -1.00 e. The maximum absolute atomic E-state index is 10.3. The average molecular weight is 196 g/mol. The summed E-state index contributed by atoms with van der Waals surface area (Å²) in [5, 5.41) is 26.1. The molecule has 12 heavy (non-hydrogen) atoms. The molecule has 5 heteroatoms. The van der Waals surface area contributed by atoms with Crippen LogP contribution in [0.3, 0.4) is 0 Å². The number of carbonyl (C=O) groups is 1. The van der Waals surface area contributed by atoms with Crippen molar-refractivity contribution in [3.05, 3.63) is 23.8 Å². The molecule has 0 aromatic heterocycles. The van der Waals surface area contributed by atoms with Crippen molar-refractivity contribution in [3.8, 4) is 11.5 Å². The fourth-order valence-electron chi connectivity index (χ4n) is 0.695. The van der Waals surface area contributed by atoms with Crippen molar-refractivity contribution in [3.63, 3.8) is 0 Å². The van der Waals surface area contributed by atoms with E-state index in [2.05, 4.69) is 0 Å². The summed E-state index contributed by atoms with van der Waals surface area (Å²) in [5.74, 6) is -1.80. The second-order valence-electron chi connectivity index (χ2n) is 2.01. The van der Waals surface area contributed by atoms with E-state index in [1.807, 2.05) is 0 Å². The van der Waals surface area contributed by atoms with Gasteiger partial charge in [-0.1, -0.05) is 0 Å². The fourth-order valence-corrected chi connectivity index (χ4v) is 0.695. The van der Waals surface area contributed by atoms with Crippen LogP contribution in [0.2, 0.25) is 0 Å². The first-order chi connectivity index (χ1) is 5.11. The van der Waals surface area contributed by atoms with Crippen molar-refractivity contribution in [1.82, 2.24) is 0 Å². The first kappa shape index (κ1) is 11.5. The van der Waals surface area contributed by atoms with Crippen LogP contribution in [0, 0.1) is 0 Å². The van der Waals surface area contributed by atoms with Gasteiger partial charge >= 0.3 is 43.7 Å². The molecule has 0 aliphatic carbocycles. The maximum Gasteiger partial charge on any atom is 2.00 e. The molecule has 1 aromatic carbocycles. The number of phenolic OH excluding ortho intramolecular Hbond substituents is 1. The van der Waals surface area contributed by atoms with Crippen molar-refractivity contribution in [2.75, 3.05) is 0 Å². The summed E-state index contributed by atoms with van der Waals surface area (Å²) in [6.45, 7) is 0. The van der Waals surface area contributed by atoms with E-state index >= 15 is 0 Å². The van der Waals surface area contributed by atoms with Crippen LogP contribution in [0.5, 0.6) is 11.5 Å². The normalized spacial score (nSPS) is 8.67. The Morgan fingerprint density at radius 3 is 2.33 bits per heavy atom. The van der Waals surface area contributed by atoms with E-state index in [0.717, 1.165) is 12.1 Å². The quantitative estimate of drug-likeness (QED) is 0.455. The average Bonchev–Trinajstić information content (AvgIpc) is 1.94. The van der Waals surface area contributed by atoms with Gasteiger partial charge in [-0.2, -0.15) is 0 Å². The summed E-state index contributed by atoms with van der Waals surface area (Å²) >= 11 is 0. The first-order valence-corrected chi connectivity index (χ1v) is 2.86. The smallest absolute Gasteiger partial charge is 1.00 e. The second-order valence-corrected chi connectivity index (χ2v) is 2.01. The van der Waals surface area contributed by atoms with Crippen LogP contribution in [0.15, 0.2) is 18.2 Å². The Kier molecular flexibility index (Phi) is 4.37. The summed E-state index contributed by atoms with van der Waals surface area (Å²) in [6, 6.07) is 3.32. The molecule has 0 amide bonds. The van der Waals surface area contributed by atoms with Crippen LogP contribution in [0.4, 0.5) is 0 Å². The number of aromatic hydroxyl groups is 2. The number of carboxylic acid groups (broad SMARTS) is 1. The second kappa shape index (κ2) is 4.54. The van der Waals surface area contributed by atoms with Crippen LogP contribution in [-0.2, 0) is 0 Å². The number of benzene rings is 1. The van der Waals surface area contributed by atoms with E-state index in [0.29, 0.717) is 0 Å². The number of aromatic carboxylic acids is 1. The Labute approximate surface area is 101 Å². The van der Waals surface area contributed by atoms with Gasteiger partial charge in [-0.25, -0.2) is 4.79 Å². The molecule has 62 valence electrons. The predicted molar refractivity (Wildman–Crippen MR) is 44.7 cm³/mol.